The maximum atomic E-state index is 12.2. The van der Waals surface area contributed by atoms with E-state index in [9.17, 15) is 21.6 Å². The van der Waals surface area contributed by atoms with Crippen molar-refractivity contribution in [3.05, 3.63) is 36.4 Å². The van der Waals surface area contributed by atoms with Gasteiger partial charge in [-0.2, -0.15) is 0 Å². The zero-order valence-corrected chi connectivity index (χ0v) is 12.7. The number of hydrogen-bond acceptors (Lipinski definition) is 5. The van der Waals surface area contributed by atoms with Crippen molar-refractivity contribution < 1.29 is 26.3 Å². The number of rotatable bonds is 6. The lowest BCUT2D eigenvalue weighted by atomic mass is 10.3. The quantitative estimate of drug-likeness (QED) is 0.857. The van der Waals surface area contributed by atoms with Gasteiger partial charge in [-0.1, -0.05) is 6.07 Å². The summed E-state index contributed by atoms with van der Waals surface area (Å²) in [6.45, 7) is 2.25. The van der Waals surface area contributed by atoms with E-state index in [1.807, 2.05) is 6.92 Å². The fourth-order valence-electron chi connectivity index (χ4n) is 1.76. The fourth-order valence-corrected chi connectivity index (χ4v) is 2.78. The van der Waals surface area contributed by atoms with Gasteiger partial charge in [0.25, 0.3) is 0 Å². The van der Waals surface area contributed by atoms with Crippen molar-refractivity contribution in [2.45, 2.75) is 31.3 Å². The zero-order chi connectivity index (χ0) is 17.1. The molecular weight excluding hydrogens is 337 g/mol. The molecule has 0 saturated carbocycles. The lowest BCUT2D eigenvalue weighted by molar-refractivity contribution is -0.274. The van der Waals surface area contributed by atoms with Crippen molar-refractivity contribution in [1.82, 2.24) is 19.5 Å². The molecule has 2 aromatic rings. The molecule has 0 amide bonds. The summed E-state index contributed by atoms with van der Waals surface area (Å²) in [6, 6.07) is 4.13. The van der Waals surface area contributed by atoms with Gasteiger partial charge in [-0.15, -0.1) is 23.4 Å². The van der Waals surface area contributed by atoms with Gasteiger partial charge in [0.1, 0.15) is 17.9 Å². The Morgan fingerprint density at radius 3 is 2.74 bits per heavy atom. The summed E-state index contributed by atoms with van der Waals surface area (Å²) in [5.74, 6) is -0.226. The molecule has 0 unspecified atom stereocenters. The van der Waals surface area contributed by atoms with Crippen LogP contribution in [-0.2, 0) is 23.1 Å². The minimum atomic E-state index is -4.90. The average molecular weight is 350 g/mol. The number of halogens is 3. The van der Waals surface area contributed by atoms with E-state index < -0.39 is 22.1 Å². The highest BCUT2D eigenvalue weighted by atomic mass is 32.2. The largest absolute Gasteiger partial charge is 0.573 e. The van der Waals surface area contributed by atoms with Gasteiger partial charge in [-0.3, -0.25) is 0 Å². The summed E-state index contributed by atoms with van der Waals surface area (Å²) in [6.07, 6.45) is -3.45. The Morgan fingerprint density at radius 2 is 2.09 bits per heavy atom. The standard InChI is InChI=1S/C12H13F3N4O3S/c1-2-19-8-16-18-11(19)7-17-23(20,21)10-5-3-4-9(6-10)22-12(13,14)15/h3-6,8,17H,2,7H2,1H3. The van der Waals surface area contributed by atoms with Gasteiger partial charge in [-0.05, 0) is 19.1 Å². The van der Waals surface area contributed by atoms with Gasteiger partial charge in [0.15, 0.2) is 0 Å². The van der Waals surface area contributed by atoms with Crippen LogP contribution in [0.3, 0.4) is 0 Å². The molecule has 23 heavy (non-hydrogen) atoms. The zero-order valence-electron chi connectivity index (χ0n) is 11.9. The summed E-state index contributed by atoms with van der Waals surface area (Å²) in [5, 5.41) is 7.42. The number of sulfonamides is 1. The SMILES string of the molecule is CCn1cnnc1CNS(=O)(=O)c1cccc(OC(F)(F)F)c1. The number of benzene rings is 1. The molecule has 1 N–H and O–H groups in total. The predicted octanol–water partition coefficient (Wildman–Crippen LogP) is 1.68. The van der Waals surface area contributed by atoms with Gasteiger partial charge < -0.3 is 9.30 Å². The normalized spacial score (nSPS) is 12.3. The fraction of sp³-hybridized carbons (Fsp3) is 0.333. The lowest BCUT2D eigenvalue weighted by Gasteiger charge is -2.11. The number of ether oxygens (including phenoxy) is 1. The Morgan fingerprint density at radius 1 is 1.35 bits per heavy atom. The lowest BCUT2D eigenvalue weighted by Crippen LogP contribution is -2.25. The summed E-state index contributed by atoms with van der Waals surface area (Å²) in [5.41, 5.74) is 0. The maximum Gasteiger partial charge on any atom is 0.573 e. The van der Waals surface area contributed by atoms with Gasteiger partial charge >= 0.3 is 6.36 Å². The molecule has 2 rings (SSSR count). The van der Waals surface area contributed by atoms with Crippen LogP contribution in [0.2, 0.25) is 0 Å². The van der Waals surface area contributed by atoms with E-state index in [0.717, 1.165) is 24.3 Å². The van der Waals surface area contributed by atoms with Crippen LogP contribution in [0.1, 0.15) is 12.7 Å². The molecule has 0 fully saturated rings. The van der Waals surface area contributed by atoms with E-state index in [-0.39, 0.29) is 11.4 Å². The molecule has 0 radical (unpaired) electrons. The molecular formula is C12H13F3N4O3S. The van der Waals surface area contributed by atoms with Crippen LogP contribution in [0.4, 0.5) is 13.2 Å². The van der Waals surface area contributed by atoms with Crippen molar-refractivity contribution in [3.8, 4) is 5.75 Å². The van der Waals surface area contributed by atoms with Gasteiger partial charge in [0, 0.05) is 12.6 Å². The van der Waals surface area contributed by atoms with E-state index in [1.165, 1.54) is 6.33 Å². The highest BCUT2D eigenvalue weighted by Gasteiger charge is 2.31. The number of alkyl halides is 3. The predicted molar refractivity (Wildman–Crippen MR) is 72.8 cm³/mol. The first-order valence-corrected chi connectivity index (χ1v) is 7.92. The smallest absolute Gasteiger partial charge is 0.406 e. The molecule has 0 atom stereocenters. The second-order valence-corrected chi connectivity index (χ2v) is 6.15. The van der Waals surface area contributed by atoms with Crippen LogP contribution in [0, 0.1) is 0 Å². The minimum absolute atomic E-state index is 0.138. The Balaban J connectivity index is 2.15. The highest BCUT2D eigenvalue weighted by molar-refractivity contribution is 7.89. The van der Waals surface area contributed by atoms with E-state index in [4.69, 9.17) is 0 Å². The summed E-state index contributed by atoms with van der Waals surface area (Å²) < 4.78 is 68.4. The second-order valence-electron chi connectivity index (χ2n) is 4.38. The first-order chi connectivity index (χ1) is 10.7. The molecule has 0 aliphatic heterocycles. The Hall–Kier alpha value is -2.14. The van der Waals surface area contributed by atoms with Crippen molar-refractivity contribution in [1.29, 1.82) is 0 Å². The molecule has 11 heteroatoms. The monoisotopic (exact) mass is 350 g/mol. The number of nitrogens with zero attached hydrogens (tertiary/aromatic N) is 3. The number of aryl methyl sites for hydroxylation is 1. The number of nitrogens with one attached hydrogen (secondary N) is 1. The van der Waals surface area contributed by atoms with Crippen LogP contribution in [-0.4, -0.2) is 29.5 Å². The van der Waals surface area contributed by atoms with Crippen molar-refractivity contribution >= 4 is 10.0 Å². The van der Waals surface area contributed by atoms with E-state index in [1.54, 1.807) is 4.57 Å². The summed E-state index contributed by atoms with van der Waals surface area (Å²) >= 11 is 0. The van der Waals surface area contributed by atoms with E-state index >= 15 is 0 Å². The Labute approximate surface area is 130 Å². The first-order valence-electron chi connectivity index (χ1n) is 6.43. The Bertz CT molecular complexity index is 774. The summed E-state index contributed by atoms with van der Waals surface area (Å²) in [4.78, 5) is -0.346. The topological polar surface area (TPSA) is 86.1 Å². The van der Waals surface area contributed by atoms with Crippen LogP contribution in [0.5, 0.6) is 5.75 Å². The third-order valence-electron chi connectivity index (χ3n) is 2.81. The van der Waals surface area contributed by atoms with Crippen LogP contribution < -0.4 is 9.46 Å². The third kappa shape index (κ3) is 4.66. The molecule has 0 aliphatic rings. The van der Waals surface area contributed by atoms with Crippen molar-refractivity contribution in [3.63, 3.8) is 0 Å². The molecule has 126 valence electrons. The molecule has 1 aromatic carbocycles. The molecule has 7 nitrogen and oxygen atoms in total. The molecule has 0 saturated heterocycles. The van der Waals surface area contributed by atoms with Gasteiger partial charge in [-0.25, -0.2) is 13.1 Å². The molecule has 1 heterocycles. The van der Waals surface area contributed by atoms with Crippen LogP contribution in [0.25, 0.3) is 0 Å². The second kappa shape index (κ2) is 6.54. The molecule has 1 aromatic heterocycles. The van der Waals surface area contributed by atoms with E-state index in [0.29, 0.717) is 12.4 Å². The van der Waals surface area contributed by atoms with Gasteiger partial charge in [0.2, 0.25) is 10.0 Å². The molecule has 0 spiro atoms. The first kappa shape index (κ1) is 17.2. The highest BCUT2D eigenvalue weighted by Crippen LogP contribution is 2.24. The van der Waals surface area contributed by atoms with Crippen molar-refractivity contribution in [2.24, 2.45) is 0 Å². The third-order valence-corrected chi connectivity index (χ3v) is 4.21. The van der Waals surface area contributed by atoms with Crippen molar-refractivity contribution in [2.75, 3.05) is 0 Å². The average Bonchev–Trinajstić information content (AvgIpc) is 2.91. The number of hydrogen-bond donors (Lipinski definition) is 1. The Kier molecular flexibility index (Phi) is 4.90. The summed E-state index contributed by atoms with van der Waals surface area (Å²) in [7, 11) is -4.02. The molecule has 0 aliphatic carbocycles. The minimum Gasteiger partial charge on any atom is -0.406 e. The molecule has 0 bridgehead atoms. The van der Waals surface area contributed by atoms with Crippen LogP contribution in [0.15, 0.2) is 35.5 Å². The van der Waals surface area contributed by atoms with E-state index in [2.05, 4.69) is 19.7 Å². The van der Waals surface area contributed by atoms with Gasteiger partial charge in [0.05, 0.1) is 11.4 Å². The van der Waals surface area contributed by atoms with Crippen LogP contribution >= 0.6 is 0 Å². The maximum absolute atomic E-state index is 12.2. The number of aromatic nitrogens is 3.